The van der Waals surface area contributed by atoms with E-state index in [1.807, 2.05) is 29.9 Å². The van der Waals surface area contributed by atoms with Crippen LogP contribution in [0, 0.1) is 0 Å². The predicted molar refractivity (Wildman–Crippen MR) is 103 cm³/mol. The molecule has 1 atom stereocenters. The summed E-state index contributed by atoms with van der Waals surface area (Å²) in [6.07, 6.45) is 0.879. The van der Waals surface area contributed by atoms with Crippen molar-refractivity contribution in [3.8, 4) is 5.75 Å². The maximum absolute atomic E-state index is 12.7. The van der Waals surface area contributed by atoms with Crippen LogP contribution in [0.3, 0.4) is 0 Å². The van der Waals surface area contributed by atoms with Gasteiger partial charge < -0.3 is 19.4 Å². The molecule has 28 heavy (non-hydrogen) atoms. The fourth-order valence-corrected chi connectivity index (χ4v) is 3.23. The number of esters is 1. The highest BCUT2D eigenvalue weighted by Crippen LogP contribution is 2.29. The lowest BCUT2D eigenvalue weighted by molar-refractivity contribution is -0.118. The first-order valence-electron chi connectivity index (χ1n) is 8.80. The molecule has 0 fully saturated rings. The number of carbonyl (C=O) groups is 3. The molecule has 0 aliphatic carbocycles. The molecule has 0 radical (unpaired) electrons. The first kappa shape index (κ1) is 17.8. The Balaban J connectivity index is 1.54. The maximum Gasteiger partial charge on any atom is 0.339 e. The fraction of sp³-hybridized carbons (Fsp3) is 0.190. The second-order valence-electron chi connectivity index (χ2n) is 6.62. The number of anilines is 1. The molecule has 7 nitrogen and oxygen atoms in total. The van der Waals surface area contributed by atoms with Crippen LogP contribution in [0.4, 0.5) is 5.69 Å². The number of nitrogens with one attached hydrogen (secondary N) is 1. The van der Waals surface area contributed by atoms with Crippen LogP contribution < -0.4 is 10.1 Å². The van der Waals surface area contributed by atoms with Gasteiger partial charge in [-0.2, -0.15) is 0 Å². The van der Waals surface area contributed by atoms with Crippen LogP contribution in [0.2, 0.25) is 0 Å². The minimum Gasteiger partial charge on any atom is -0.482 e. The molecule has 7 heteroatoms. The average molecular weight is 378 g/mol. The number of amides is 1. The zero-order chi connectivity index (χ0) is 19.8. The lowest BCUT2D eigenvalue weighted by Gasteiger charge is -2.19. The molecule has 1 aromatic heterocycles. The lowest BCUT2D eigenvalue weighted by Crippen LogP contribution is -2.27. The van der Waals surface area contributed by atoms with Gasteiger partial charge in [-0.15, -0.1) is 0 Å². The number of aromatic nitrogens is 1. The van der Waals surface area contributed by atoms with E-state index in [4.69, 9.17) is 9.47 Å². The number of ether oxygens (including phenoxy) is 2. The molecule has 0 saturated carbocycles. The summed E-state index contributed by atoms with van der Waals surface area (Å²) in [6.45, 7) is 1.47. The van der Waals surface area contributed by atoms with E-state index >= 15 is 0 Å². The van der Waals surface area contributed by atoms with Gasteiger partial charge in [0.25, 0.3) is 5.91 Å². The largest absolute Gasteiger partial charge is 0.482 e. The number of hydrogen-bond donors (Lipinski definition) is 1. The Kier molecular flexibility index (Phi) is 4.35. The van der Waals surface area contributed by atoms with Crippen molar-refractivity contribution in [2.45, 2.75) is 13.0 Å². The molecule has 4 rings (SSSR count). The number of hydrogen-bond acceptors (Lipinski definition) is 5. The van der Waals surface area contributed by atoms with Gasteiger partial charge in [-0.3, -0.25) is 9.59 Å². The lowest BCUT2D eigenvalue weighted by atomic mass is 10.1. The van der Waals surface area contributed by atoms with Crippen molar-refractivity contribution in [1.29, 1.82) is 0 Å². The molecule has 3 aromatic rings. The van der Waals surface area contributed by atoms with E-state index in [2.05, 4.69) is 5.32 Å². The number of nitrogens with zero attached hydrogens (tertiary/aromatic N) is 1. The van der Waals surface area contributed by atoms with Crippen LogP contribution in [0.25, 0.3) is 10.9 Å². The molecule has 2 heterocycles. The zero-order valence-electron chi connectivity index (χ0n) is 15.4. The highest BCUT2D eigenvalue weighted by atomic mass is 16.5. The van der Waals surface area contributed by atoms with Gasteiger partial charge in [0.05, 0.1) is 11.3 Å². The van der Waals surface area contributed by atoms with Crippen molar-refractivity contribution in [1.82, 2.24) is 4.57 Å². The predicted octanol–water partition coefficient (Wildman–Crippen LogP) is 2.94. The molecule has 142 valence electrons. The van der Waals surface area contributed by atoms with Crippen molar-refractivity contribution in [2.24, 2.45) is 7.05 Å². The minimum atomic E-state index is -0.982. The van der Waals surface area contributed by atoms with Gasteiger partial charge in [0.2, 0.25) is 5.78 Å². The summed E-state index contributed by atoms with van der Waals surface area (Å²) in [6, 6.07) is 11.9. The molecule has 1 aliphatic rings. The zero-order valence-corrected chi connectivity index (χ0v) is 15.4. The van der Waals surface area contributed by atoms with Crippen LogP contribution in [-0.2, 0) is 16.6 Å². The first-order chi connectivity index (χ1) is 13.4. The molecule has 0 bridgehead atoms. The molecule has 1 N–H and O–H groups in total. The number of benzene rings is 2. The van der Waals surface area contributed by atoms with Crippen LogP contribution >= 0.6 is 0 Å². The van der Waals surface area contributed by atoms with E-state index in [0.29, 0.717) is 22.6 Å². The fourth-order valence-electron chi connectivity index (χ4n) is 3.23. The quantitative estimate of drug-likeness (QED) is 0.557. The third-order valence-electron chi connectivity index (χ3n) is 4.70. The van der Waals surface area contributed by atoms with Crippen LogP contribution in [0.15, 0.2) is 48.7 Å². The van der Waals surface area contributed by atoms with E-state index in [1.54, 1.807) is 24.3 Å². The summed E-state index contributed by atoms with van der Waals surface area (Å²) in [5.41, 5.74) is 2.06. The summed E-state index contributed by atoms with van der Waals surface area (Å²) in [4.78, 5) is 36.8. The second kappa shape index (κ2) is 6.84. The Bertz CT molecular complexity index is 1120. The van der Waals surface area contributed by atoms with E-state index in [9.17, 15) is 14.4 Å². The molecule has 2 aromatic carbocycles. The maximum atomic E-state index is 12.7. The normalized spacial score (nSPS) is 14.0. The summed E-state index contributed by atoms with van der Waals surface area (Å²) in [7, 11) is 1.89. The summed E-state index contributed by atoms with van der Waals surface area (Å²) in [5.74, 6) is -0.715. The molecule has 1 aliphatic heterocycles. The van der Waals surface area contributed by atoms with Crippen LogP contribution in [0.5, 0.6) is 5.75 Å². The first-order valence-corrected chi connectivity index (χ1v) is 8.80. The van der Waals surface area contributed by atoms with E-state index in [0.717, 1.165) is 10.9 Å². The Labute approximate surface area is 160 Å². The van der Waals surface area contributed by atoms with Gasteiger partial charge in [0, 0.05) is 29.7 Å². The standard InChI is InChI=1S/C21H18N2O5/c1-12(20(25)13-6-7-18-16(10-13)22-19(24)11-27-18)28-21(26)15-4-3-5-17-14(15)8-9-23(17)2/h3-10,12H,11H2,1-2H3,(H,22,24). The van der Waals surface area contributed by atoms with Gasteiger partial charge in [-0.05, 0) is 43.3 Å². The van der Waals surface area contributed by atoms with Crippen LogP contribution in [-0.4, -0.2) is 34.9 Å². The van der Waals surface area contributed by atoms with Gasteiger partial charge >= 0.3 is 5.97 Å². The third kappa shape index (κ3) is 3.11. The minimum absolute atomic E-state index is 0.0562. The monoisotopic (exact) mass is 378 g/mol. The van der Waals surface area contributed by atoms with Crippen molar-refractivity contribution in [3.05, 3.63) is 59.8 Å². The highest BCUT2D eigenvalue weighted by Gasteiger charge is 2.24. The number of ketones is 1. The van der Waals surface area contributed by atoms with Gasteiger partial charge in [-0.25, -0.2) is 4.79 Å². The second-order valence-corrected chi connectivity index (χ2v) is 6.62. The third-order valence-corrected chi connectivity index (χ3v) is 4.70. The topological polar surface area (TPSA) is 86.6 Å². The smallest absolute Gasteiger partial charge is 0.339 e. The number of Topliss-reactive ketones (excluding diaryl/α,β-unsaturated/α-hetero) is 1. The Hall–Kier alpha value is -3.61. The number of aryl methyl sites for hydroxylation is 1. The Morgan fingerprint density at radius 2 is 2.04 bits per heavy atom. The molecular weight excluding hydrogens is 360 g/mol. The molecule has 0 saturated heterocycles. The van der Waals surface area contributed by atoms with Gasteiger partial charge in [-0.1, -0.05) is 6.07 Å². The molecule has 1 unspecified atom stereocenters. The Morgan fingerprint density at radius 1 is 1.21 bits per heavy atom. The van der Waals surface area contributed by atoms with E-state index in [-0.39, 0.29) is 18.3 Å². The highest BCUT2D eigenvalue weighted by molar-refractivity contribution is 6.07. The van der Waals surface area contributed by atoms with E-state index in [1.165, 1.54) is 13.0 Å². The van der Waals surface area contributed by atoms with Crippen molar-refractivity contribution in [3.63, 3.8) is 0 Å². The average Bonchev–Trinajstić information content (AvgIpc) is 3.07. The molecular formula is C21H18N2O5. The van der Waals surface area contributed by atoms with Crippen molar-refractivity contribution < 1.29 is 23.9 Å². The summed E-state index contributed by atoms with van der Waals surface area (Å²) < 4.78 is 12.6. The Morgan fingerprint density at radius 3 is 2.86 bits per heavy atom. The number of rotatable bonds is 4. The summed E-state index contributed by atoms with van der Waals surface area (Å²) in [5, 5.41) is 3.42. The van der Waals surface area contributed by atoms with Gasteiger partial charge in [0.1, 0.15) is 5.75 Å². The van der Waals surface area contributed by atoms with Crippen molar-refractivity contribution >= 4 is 34.3 Å². The number of carbonyl (C=O) groups excluding carboxylic acids is 3. The SMILES string of the molecule is CC(OC(=O)c1cccc2c1ccn2C)C(=O)c1ccc2c(c1)NC(=O)CO2. The van der Waals surface area contributed by atoms with E-state index < -0.39 is 12.1 Å². The molecule has 1 amide bonds. The number of fused-ring (bicyclic) bond motifs is 2. The molecule has 0 spiro atoms. The van der Waals surface area contributed by atoms with Gasteiger partial charge in [0.15, 0.2) is 12.7 Å². The summed E-state index contributed by atoms with van der Waals surface area (Å²) >= 11 is 0. The van der Waals surface area contributed by atoms with Crippen molar-refractivity contribution in [2.75, 3.05) is 11.9 Å². The van der Waals surface area contributed by atoms with Crippen LogP contribution in [0.1, 0.15) is 27.6 Å².